The van der Waals surface area contributed by atoms with Crippen LogP contribution in [0.4, 0.5) is 23.2 Å². The maximum absolute atomic E-state index is 13.3. The van der Waals surface area contributed by atoms with Gasteiger partial charge in [0.05, 0.1) is 11.8 Å². The quantitative estimate of drug-likeness (QED) is 0.861. The van der Waals surface area contributed by atoms with Gasteiger partial charge in [-0.25, -0.2) is 4.39 Å². The van der Waals surface area contributed by atoms with Gasteiger partial charge in [0, 0.05) is 0 Å². The van der Waals surface area contributed by atoms with E-state index in [0.717, 1.165) is 24.3 Å². The van der Waals surface area contributed by atoms with Gasteiger partial charge in [-0.3, -0.25) is 4.79 Å². The lowest BCUT2D eigenvalue weighted by Gasteiger charge is -2.20. The molecule has 0 fully saturated rings. The highest BCUT2D eigenvalue weighted by Crippen LogP contribution is 2.38. The maximum atomic E-state index is 13.3. The Morgan fingerprint density at radius 2 is 1.64 bits per heavy atom. The van der Waals surface area contributed by atoms with Crippen LogP contribution in [0.1, 0.15) is 11.7 Å². The molecule has 2 atom stereocenters. The number of aliphatic hydroxyl groups is 1. The van der Waals surface area contributed by atoms with Gasteiger partial charge >= 0.3 is 6.18 Å². The fourth-order valence-electron chi connectivity index (χ4n) is 2.59. The number of carbonyl (C=O) groups is 1. The largest absolute Gasteiger partial charge is 0.432 e. The molecule has 0 saturated heterocycles. The van der Waals surface area contributed by atoms with Crippen LogP contribution in [0.15, 0.2) is 59.7 Å². The van der Waals surface area contributed by atoms with Crippen LogP contribution >= 0.6 is 0 Å². The molecule has 3 rings (SSSR count). The summed E-state index contributed by atoms with van der Waals surface area (Å²) in [6.45, 7) is 0. The first-order chi connectivity index (χ1) is 11.8. The summed E-state index contributed by atoms with van der Waals surface area (Å²) in [5.74, 6) is -3.54. The molecule has 130 valence electrons. The number of benzene rings is 2. The normalized spacial score (nSPS) is 19.1. The third kappa shape index (κ3) is 3.25. The Morgan fingerprint density at radius 3 is 2.20 bits per heavy atom. The Hall–Kier alpha value is -2.74. The predicted molar refractivity (Wildman–Crippen MR) is 82.3 cm³/mol. The molecule has 0 unspecified atom stereocenters. The molecule has 0 aromatic heterocycles. The van der Waals surface area contributed by atoms with Crippen LogP contribution in [0, 0.1) is 11.7 Å². The van der Waals surface area contributed by atoms with E-state index in [4.69, 9.17) is 0 Å². The Morgan fingerprint density at radius 1 is 1.04 bits per heavy atom. The second kappa shape index (κ2) is 6.29. The molecule has 1 heterocycles. The van der Waals surface area contributed by atoms with Crippen LogP contribution < -0.4 is 5.01 Å². The van der Waals surface area contributed by atoms with Gasteiger partial charge in [0.15, 0.2) is 5.71 Å². The van der Waals surface area contributed by atoms with Crippen LogP contribution in [0.2, 0.25) is 0 Å². The van der Waals surface area contributed by atoms with Gasteiger partial charge in [0.2, 0.25) is 0 Å². The zero-order chi connectivity index (χ0) is 18.2. The standard InChI is InChI=1S/C17H12F4N2O2/c18-11-8-6-10(7-9-11)14(24)13-15(17(19,20)21)22-23(16(13)25)12-4-2-1-3-5-12/h1-9,13-14,24H/t13-,14+/m0/s1. The third-order valence-electron chi connectivity index (χ3n) is 3.80. The molecule has 0 spiro atoms. The topological polar surface area (TPSA) is 52.9 Å². The average molecular weight is 352 g/mol. The van der Waals surface area contributed by atoms with Crippen molar-refractivity contribution in [2.75, 3.05) is 5.01 Å². The number of halogens is 4. The van der Waals surface area contributed by atoms with Crippen LogP contribution in [0.25, 0.3) is 0 Å². The van der Waals surface area contributed by atoms with E-state index in [2.05, 4.69) is 5.10 Å². The van der Waals surface area contributed by atoms with Crippen molar-refractivity contribution in [3.8, 4) is 0 Å². The summed E-state index contributed by atoms with van der Waals surface area (Å²) in [7, 11) is 0. The number of rotatable bonds is 3. The van der Waals surface area contributed by atoms with Gasteiger partial charge in [-0.1, -0.05) is 30.3 Å². The monoisotopic (exact) mass is 352 g/mol. The number of anilines is 1. The molecule has 25 heavy (non-hydrogen) atoms. The Labute approximate surface area is 140 Å². The number of alkyl halides is 3. The van der Waals surface area contributed by atoms with Crippen molar-refractivity contribution in [3.05, 3.63) is 66.0 Å². The van der Waals surface area contributed by atoms with E-state index in [9.17, 15) is 27.5 Å². The van der Waals surface area contributed by atoms with Crippen molar-refractivity contribution in [3.63, 3.8) is 0 Å². The summed E-state index contributed by atoms with van der Waals surface area (Å²) in [5.41, 5.74) is -1.24. The summed E-state index contributed by atoms with van der Waals surface area (Å²) < 4.78 is 53.0. The van der Waals surface area contributed by atoms with Gasteiger partial charge in [-0.2, -0.15) is 23.3 Å². The highest BCUT2D eigenvalue weighted by molar-refractivity contribution is 6.17. The predicted octanol–water partition coefficient (Wildman–Crippen LogP) is 3.44. The molecule has 1 amide bonds. The van der Waals surface area contributed by atoms with E-state index in [-0.39, 0.29) is 11.3 Å². The van der Waals surface area contributed by atoms with Crippen LogP contribution in [-0.4, -0.2) is 22.9 Å². The van der Waals surface area contributed by atoms with Gasteiger partial charge in [0.25, 0.3) is 5.91 Å². The number of para-hydroxylation sites is 1. The van der Waals surface area contributed by atoms with E-state index in [0.29, 0.717) is 5.01 Å². The number of amides is 1. The lowest BCUT2D eigenvalue weighted by atomic mass is 9.91. The first kappa shape index (κ1) is 17.1. The van der Waals surface area contributed by atoms with Gasteiger partial charge in [-0.15, -0.1) is 0 Å². The number of hydrazone groups is 1. The highest BCUT2D eigenvalue weighted by Gasteiger charge is 2.53. The van der Waals surface area contributed by atoms with Crippen molar-refractivity contribution < 1.29 is 27.5 Å². The second-order valence-electron chi connectivity index (χ2n) is 5.44. The van der Waals surface area contributed by atoms with Crippen LogP contribution in [-0.2, 0) is 4.79 Å². The summed E-state index contributed by atoms with van der Waals surface area (Å²) in [6.07, 6.45) is -6.70. The first-order valence-electron chi connectivity index (χ1n) is 7.27. The number of carbonyl (C=O) groups excluding carboxylic acids is 1. The van der Waals surface area contributed by atoms with Gasteiger partial charge < -0.3 is 5.11 Å². The molecule has 4 nitrogen and oxygen atoms in total. The summed E-state index contributed by atoms with van der Waals surface area (Å²) in [4.78, 5) is 12.5. The fourth-order valence-corrected chi connectivity index (χ4v) is 2.59. The molecule has 2 aromatic rings. The summed E-state index contributed by atoms with van der Waals surface area (Å²) in [5, 5.41) is 14.4. The van der Waals surface area contributed by atoms with Gasteiger partial charge in [0.1, 0.15) is 11.7 Å². The molecule has 0 aliphatic carbocycles. The maximum Gasteiger partial charge on any atom is 0.432 e. The summed E-state index contributed by atoms with van der Waals surface area (Å²) >= 11 is 0. The molecular weight excluding hydrogens is 340 g/mol. The average Bonchev–Trinajstić information content (AvgIpc) is 2.93. The van der Waals surface area contributed by atoms with Crippen LogP contribution in [0.3, 0.4) is 0 Å². The minimum absolute atomic E-state index is 0.00777. The van der Waals surface area contributed by atoms with E-state index in [1.165, 1.54) is 12.1 Å². The molecule has 0 radical (unpaired) electrons. The molecule has 0 bridgehead atoms. The molecule has 2 aromatic carbocycles. The Balaban J connectivity index is 2.01. The minimum atomic E-state index is -4.90. The molecule has 0 saturated carbocycles. The summed E-state index contributed by atoms with van der Waals surface area (Å²) in [6, 6.07) is 11.9. The fraction of sp³-hybridized carbons (Fsp3) is 0.176. The van der Waals surface area contributed by atoms with Crippen molar-refractivity contribution in [2.45, 2.75) is 12.3 Å². The molecule has 1 N–H and O–H groups in total. The Kier molecular flexibility index (Phi) is 4.30. The second-order valence-corrected chi connectivity index (χ2v) is 5.44. The molecule has 8 heteroatoms. The lowest BCUT2D eigenvalue weighted by molar-refractivity contribution is -0.123. The molecule has 1 aliphatic rings. The first-order valence-corrected chi connectivity index (χ1v) is 7.27. The number of nitrogens with zero attached hydrogens (tertiary/aromatic N) is 2. The van der Waals surface area contributed by atoms with Crippen molar-refractivity contribution >= 4 is 17.3 Å². The molecule has 1 aliphatic heterocycles. The van der Waals surface area contributed by atoms with E-state index < -0.39 is 35.6 Å². The van der Waals surface area contributed by atoms with E-state index >= 15 is 0 Å². The van der Waals surface area contributed by atoms with Gasteiger partial charge in [-0.05, 0) is 29.8 Å². The smallest absolute Gasteiger partial charge is 0.387 e. The molecular formula is C17H12F4N2O2. The van der Waals surface area contributed by atoms with E-state index in [1.54, 1.807) is 18.2 Å². The van der Waals surface area contributed by atoms with Crippen molar-refractivity contribution in [1.29, 1.82) is 0 Å². The number of aliphatic hydroxyl groups excluding tert-OH is 1. The van der Waals surface area contributed by atoms with E-state index in [1.807, 2.05) is 0 Å². The zero-order valence-electron chi connectivity index (χ0n) is 12.6. The van der Waals surface area contributed by atoms with Crippen molar-refractivity contribution in [2.24, 2.45) is 11.0 Å². The third-order valence-corrected chi connectivity index (χ3v) is 3.80. The zero-order valence-corrected chi connectivity index (χ0v) is 12.6. The van der Waals surface area contributed by atoms with Crippen molar-refractivity contribution in [1.82, 2.24) is 0 Å². The highest BCUT2D eigenvalue weighted by atomic mass is 19.4. The number of hydrogen-bond acceptors (Lipinski definition) is 3. The minimum Gasteiger partial charge on any atom is -0.387 e. The Bertz CT molecular complexity index is 804. The number of hydrogen-bond donors (Lipinski definition) is 1. The van der Waals surface area contributed by atoms with Crippen LogP contribution in [0.5, 0.6) is 0 Å². The lowest BCUT2D eigenvalue weighted by Crippen LogP contribution is -2.37. The SMILES string of the molecule is O=C1[C@@H]([C@H](O)c2ccc(F)cc2)C(C(F)(F)F)=NN1c1ccccc1.